The highest BCUT2D eigenvalue weighted by Gasteiger charge is 2.52. The zero-order valence-electron chi connectivity index (χ0n) is 32.7. The molecular formula is C44H52N6O7. The fourth-order valence-electron chi connectivity index (χ4n) is 8.71. The number of imide groups is 1. The van der Waals surface area contributed by atoms with Crippen LogP contribution in [0.4, 0.5) is 11.6 Å². The second-order valence-corrected chi connectivity index (χ2v) is 16.5. The number of carbonyl (C=O) groups is 2. The fraction of sp³-hybridized carbons (Fsp3) is 0.455. The molecule has 0 radical (unpaired) electrons. The number of ether oxygens (including phenoxy) is 2. The van der Waals surface area contributed by atoms with E-state index in [0.29, 0.717) is 48.8 Å². The summed E-state index contributed by atoms with van der Waals surface area (Å²) in [5.74, 6) is 1.68. The van der Waals surface area contributed by atoms with Crippen molar-refractivity contribution in [3.63, 3.8) is 0 Å². The predicted octanol–water partition coefficient (Wildman–Crippen LogP) is 4.86. The Kier molecular flexibility index (Phi) is 10.9. The third-order valence-corrected chi connectivity index (χ3v) is 12.2. The van der Waals surface area contributed by atoms with Crippen LogP contribution in [0.15, 0.2) is 79.0 Å². The van der Waals surface area contributed by atoms with E-state index in [2.05, 4.69) is 53.4 Å². The molecule has 1 spiro atoms. The molecule has 2 saturated heterocycles. The maximum Gasteiger partial charge on any atom is 0.262 e. The number of nitrogens with zero attached hydrogens (tertiary/aromatic N) is 4. The van der Waals surface area contributed by atoms with Gasteiger partial charge in [-0.2, -0.15) is 0 Å². The summed E-state index contributed by atoms with van der Waals surface area (Å²) in [6.07, 6.45) is 2.65. The molecule has 8 rings (SSSR count). The van der Waals surface area contributed by atoms with E-state index in [1.165, 1.54) is 0 Å². The van der Waals surface area contributed by atoms with Crippen molar-refractivity contribution in [3.8, 4) is 11.5 Å². The van der Waals surface area contributed by atoms with Gasteiger partial charge in [0.1, 0.15) is 30.6 Å². The van der Waals surface area contributed by atoms with Crippen LogP contribution in [0, 0.1) is 11.3 Å². The van der Waals surface area contributed by atoms with E-state index in [9.17, 15) is 24.9 Å². The Bertz CT molecular complexity index is 2100. The topological polar surface area (TPSA) is 170 Å². The molecule has 57 heavy (non-hydrogen) atoms. The largest absolute Gasteiger partial charge is 0.493 e. The first-order chi connectivity index (χ1) is 27.5. The molecule has 1 aromatic heterocycles. The van der Waals surface area contributed by atoms with E-state index >= 15 is 0 Å². The van der Waals surface area contributed by atoms with Gasteiger partial charge in [-0.1, -0.05) is 50.2 Å². The molecule has 13 heteroatoms. The van der Waals surface area contributed by atoms with E-state index in [-0.39, 0.29) is 29.4 Å². The minimum Gasteiger partial charge on any atom is -0.493 e. The monoisotopic (exact) mass is 776 g/mol. The van der Waals surface area contributed by atoms with Crippen LogP contribution >= 0.6 is 0 Å². The van der Waals surface area contributed by atoms with Gasteiger partial charge in [0.2, 0.25) is 5.95 Å². The maximum absolute atomic E-state index is 13.4. The summed E-state index contributed by atoms with van der Waals surface area (Å²) >= 11 is 0. The molecule has 4 aromatic rings. The van der Waals surface area contributed by atoms with Gasteiger partial charge < -0.3 is 35.0 Å². The fourth-order valence-corrected chi connectivity index (χ4v) is 8.71. The number of aromatic nitrogens is 2. The van der Waals surface area contributed by atoms with E-state index in [1.54, 1.807) is 24.4 Å². The number of carbonyl (C=O) groups excluding carboxylic acids is 2. The maximum atomic E-state index is 13.4. The quantitative estimate of drug-likeness (QED) is 0.111. The second-order valence-electron chi connectivity index (χ2n) is 16.5. The summed E-state index contributed by atoms with van der Waals surface area (Å²) < 4.78 is 12.8. The van der Waals surface area contributed by atoms with Gasteiger partial charge in [0.25, 0.3) is 11.8 Å². The molecular weight excluding hydrogens is 725 g/mol. The lowest BCUT2D eigenvalue weighted by Crippen LogP contribution is -2.64. The number of amides is 2. The van der Waals surface area contributed by atoms with Crippen LogP contribution in [0.25, 0.3) is 0 Å². The standard InChI is InChI=1S/C44H52N6O7/c1-26(18-29-8-4-6-10-37(29)57-23-31-16-17-45-43(47-31)49-24-44(25-49)20-32(51)21-44)33-9-5-7-11-38(33)56-22-27(2)28(3)46-30-12-13-34-35(19-30)42(55)50(41(34)54)36-14-15-39(52)48-40(36)53/h4-13,16-17,19,26-28,32,36,39-40,46,48,51-53H,14-15,18,20-25H2,1-3H3/t26-,27+,28-,36?,39?,40?/m1/s1. The summed E-state index contributed by atoms with van der Waals surface area (Å²) in [5.41, 5.74) is 4.56. The summed E-state index contributed by atoms with van der Waals surface area (Å²) in [5, 5.41) is 36.1. The Morgan fingerprint density at radius 3 is 2.40 bits per heavy atom. The molecule has 4 heterocycles. The predicted molar refractivity (Wildman–Crippen MR) is 214 cm³/mol. The van der Waals surface area contributed by atoms with Crippen molar-refractivity contribution in [1.82, 2.24) is 20.2 Å². The van der Waals surface area contributed by atoms with Crippen molar-refractivity contribution in [1.29, 1.82) is 0 Å². The highest BCUT2D eigenvalue weighted by Crippen LogP contribution is 2.49. The van der Waals surface area contributed by atoms with Gasteiger partial charge in [-0.3, -0.25) is 19.8 Å². The van der Waals surface area contributed by atoms with Gasteiger partial charge in [0.05, 0.1) is 35.6 Å². The molecule has 4 aliphatic rings. The van der Waals surface area contributed by atoms with Crippen molar-refractivity contribution in [2.75, 3.05) is 29.9 Å². The van der Waals surface area contributed by atoms with E-state index in [4.69, 9.17) is 14.5 Å². The first-order valence-corrected chi connectivity index (χ1v) is 20.0. The average Bonchev–Trinajstić information content (AvgIpc) is 3.42. The van der Waals surface area contributed by atoms with Crippen molar-refractivity contribution in [3.05, 3.63) is 107 Å². The summed E-state index contributed by atoms with van der Waals surface area (Å²) in [7, 11) is 0. The SMILES string of the molecule is C[C@H](Cc1ccccc1OCc1ccnc(N2CC3(CC(O)C3)C2)n1)c1ccccc1OC[C@H](C)[C@@H](C)Nc1ccc2c(c1)C(=O)N(C1CCC(O)NC1O)C2=O. The lowest BCUT2D eigenvalue weighted by atomic mass is 9.62. The molecule has 2 amide bonds. The molecule has 3 aliphatic heterocycles. The van der Waals surface area contributed by atoms with Crippen LogP contribution in [0.1, 0.15) is 89.9 Å². The number of aliphatic hydroxyl groups is 3. The Labute approximate surface area is 333 Å². The number of benzene rings is 3. The van der Waals surface area contributed by atoms with Gasteiger partial charge in [-0.15, -0.1) is 0 Å². The average molecular weight is 777 g/mol. The zero-order valence-corrected chi connectivity index (χ0v) is 32.7. The number of piperidine rings is 1. The first-order valence-electron chi connectivity index (χ1n) is 20.0. The van der Waals surface area contributed by atoms with Crippen molar-refractivity contribution in [2.24, 2.45) is 11.3 Å². The molecule has 5 N–H and O–H groups in total. The Morgan fingerprint density at radius 1 is 0.895 bits per heavy atom. The van der Waals surface area contributed by atoms with Crippen LogP contribution < -0.4 is 25.0 Å². The molecule has 3 fully saturated rings. The third-order valence-electron chi connectivity index (χ3n) is 12.2. The Balaban J connectivity index is 0.854. The minimum absolute atomic E-state index is 0.0314. The van der Waals surface area contributed by atoms with Gasteiger partial charge in [-0.05, 0) is 92.5 Å². The van der Waals surface area contributed by atoms with Gasteiger partial charge in [0.15, 0.2) is 0 Å². The van der Waals surface area contributed by atoms with E-state index < -0.39 is 30.3 Å². The summed E-state index contributed by atoms with van der Waals surface area (Å²) in [6.45, 7) is 8.91. The molecule has 1 aliphatic carbocycles. The molecule has 300 valence electrons. The summed E-state index contributed by atoms with van der Waals surface area (Å²) in [4.78, 5) is 39.1. The third kappa shape index (κ3) is 8.07. The number of para-hydroxylation sites is 2. The van der Waals surface area contributed by atoms with Crippen LogP contribution in [0.2, 0.25) is 0 Å². The lowest BCUT2D eigenvalue weighted by Gasteiger charge is -2.57. The molecule has 0 bridgehead atoms. The van der Waals surface area contributed by atoms with Crippen LogP contribution in [-0.4, -0.2) is 92.3 Å². The van der Waals surface area contributed by atoms with Gasteiger partial charge >= 0.3 is 0 Å². The van der Waals surface area contributed by atoms with E-state index in [1.807, 2.05) is 42.5 Å². The number of hydrogen-bond acceptors (Lipinski definition) is 12. The number of fused-ring (bicyclic) bond motifs is 1. The van der Waals surface area contributed by atoms with Crippen LogP contribution in [0.5, 0.6) is 11.5 Å². The van der Waals surface area contributed by atoms with E-state index in [0.717, 1.165) is 65.6 Å². The molecule has 1 saturated carbocycles. The summed E-state index contributed by atoms with van der Waals surface area (Å²) in [6, 6.07) is 22.5. The molecule has 3 aromatic carbocycles. The van der Waals surface area contributed by atoms with Crippen molar-refractivity contribution in [2.45, 2.75) is 96.0 Å². The van der Waals surface area contributed by atoms with Crippen LogP contribution in [0.3, 0.4) is 0 Å². The van der Waals surface area contributed by atoms with Crippen molar-refractivity contribution >= 4 is 23.5 Å². The van der Waals surface area contributed by atoms with Gasteiger partial charge in [0, 0.05) is 42.3 Å². The zero-order chi connectivity index (χ0) is 39.8. The smallest absolute Gasteiger partial charge is 0.262 e. The number of anilines is 2. The molecule has 3 unspecified atom stereocenters. The highest BCUT2D eigenvalue weighted by atomic mass is 16.5. The Morgan fingerprint density at radius 2 is 1.63 bits per heavy atom. The Hall–Kier alpha value is -5.08. The minimum atomic E-state index is -1.20. The number of nitrogens with one attached hydrogen (secondary N) is 2. The highest BCUT2D eigenvalue weighted by molar-refractivity contribution is 6.22. The molecule has 13 nitrogen and oxygen atoms in total. The van der Waals surface area contributed by atoms with Crippen molar-refractivity contribution < 1.29 is 34.4 Å². The number of rotatable bonds is 14. The normalized spacial score (nSPS) is 23.0. The molecule has 6 atom stereocenters. The number of aliphatic hydroxyl groups excluding tert-OH is 3. The lowest BCUT2D eigenvalue weighted by molar-refractivity contribution is -0.0497. The second kappa shape index (κ2) is 16.0. The number of hydrogen-bond donors (Lipinski definition) is 5. The van der Waals surface area contributed by atoms with Gasteiger partial charge in [-0.25, -0.2) is 9.97 Å². The first kappa shape index (κ1) is 38.8. The van der Waals surface area contributed by atoms with Crippen LogP contribution in [-0.2, 0) is 13.0 Å².